The molecule has 0 saturated carbocycles. The molecule has 1 aliphatic heterocycles. The van der Waals surface area contributed by atoms with Crippen LogP contribution in [0.15, 0.2) is 41.3 Å². The molecule has 2 aromatic rings. The van der Waals surface area contributed by atoms with Gasteiger partial charge in [-0.05, 0) is 24.3 Å². The zero-order valence-electron chi connectivity index (χ0n) is 12.6. The summed E-state index contributed by atoms with van der Waals surface area (Å²) in [5, 5.41) is 3.21. The summed E-state index contributed by atoms with van der Waals surface area (Å²) in [6, 6.07) is 10.5. The number of fused-ring (bicyclic) bond motifs is 1. The summed E-state index contributed by atoms with van der Waals surface area (Å²) < 4.78 is 0. The molecule has 0 saturated heterocycles. The van der Waals surface area contributed by atoms with Crippen LogP contribution in [0.4, 0.5) is 11.4 Å². The zero-order valence-corrected chi connectivity index (χ0v) is 15.7. The lowest BCUT2D eigenvalue weighted by molar-refractivity contribution is -0.123. The monoisotopic (exact) mass is 415 g/mol. The van der Waals surface area contributed by atoms with Crippen molar-refractivity contribution in [3.8, 4) is 0 Å². The number of nitrogens with one attached hydrogen (secondary N) is 3. The Bertz CT molecular complexity index is 824. The third kappa shape index (κ3) is 4.33. The van der Waals surface area contributed by atoms with E-state index in [2.05, 4.69) is 16.2 Å². The first-order chi connectivity index (χ1) is 11.9. The highest BCUT2D eigenvalue weighted by molar-refractivity contribution is 8.01. The van der Waals surface area contributed by atoms with Gasteiger partial charge in [0.05, 0.1) is 26.7 Å². The summed E-state index contributed by atoms with van der Waals surface area (Å²) in [6.45, 7) is 0. The van der Waals surface area contributed by atoms with Gasteiger partial charge in [0.25, 0.3) is 0 Å². The van der Waals surface area contributed by atoms with Crippen LogP contribution in [-0.4, -0.2) is 17.1 Å². The topological polar surface area (TPSA) is 70.2 Å². The van der Waals surface area contributed by atoms with Crippen molar-refractivity contribution < 1.29 is 9.59 Å². The maximum absolute atomic E-state index is 12.2. The minimum atomic E-state index is -0.520. The van der Waals surface area contributed by atoms with Crippen LogP contribution in [0.1, 0.15) is 6.42 Å². The molecule has 0 aromatic heterocycles. The van der Waals surface area contributed by atoms with Crippen molar-refractivity contribution in [2.45, 2.75) is 16.6 Å². The molecule has 0 aliphatic carbocycles. The number of rotatable bonds is 4. The molecule has 9 heteroatoms. The van der Waals surface area contributed by atoms with Crippen molar-refractivity contribution in [3.05, 3.63) is 51.5 Å². The summed E-state index contributed by atoms with van der Waals surface area (Å²) in [4.78, 5) is 25.2. The van der Waals surface area contributed by atoms with Crippen LogP contribution in [0.5, 0.6) is 0 Å². The van der Waals surface area contributed by atoms with E-state index in [0.29, 0.717) is 10.7 Å². The standard InChI is InChI=1S/C16H12Cl3N3O2S/c17-8-5-9(18)15(10(19)6-8)22-21-14(23)7-13-16(24)20-11-3-1-2-4-12(11)25-13/h1-6,13,22H,7H2,(H,20,24)(H,21,23)/t13-/m1/s1. The van der Waals surface area contributed by atoms with Gasteiger partial charge in [-0.3, -0.25) is 20.4 Å². The van der Waals surface area contributed by atoms with Crippen LogP contribution in [-0.2, 0) is 9.59 Å². The normalized spacial score (nSPS) is 16.0. The third-order valence-electron chi connectivity index (χ3n) is 3.41. The molecule has 2 amide bonds. The maximum atomic E-state index is 12.2. The first-order valence-corrected chi connectivity index (χ1v) is 9.21. The summed E-state index contributed by atoms with van der Waals surface area (Å²) in [5.74, 6) is -0.574. The van der Waals surface area contributed by atoms with Gasteiger partial charge in [0, 0.05) is 16.3 Å². The number of hydrogen-bond acceptors (Lipinski definition) is 4. The van der Waals surface area contributed by atoms with Crippen LogP contribution >= 0.6 is 46.6 Å². The number of anilines is 2. The Morgan fingerprint density at radius 2 is 1.84 bits per heavy atom. The Morgan fingerprint density at radius 1 is 1.16 bits per heavy atom. The van der Waals surface area contributed by atoms with E-state index < -0.39 is 5.25 Å². The highest BCUT2D eigenvalue weighted by atomic mass is 35.5. The van der Waals surface area contributed by atoms with Gasteiger partial charge in [0.2, 0.25) is 11.8 Å². The van der Waals surface area contributed by atoms with E-state index >= 15 is 0 Å². The molecule has 1 aliphatic rings. The summed E-state index contributed by atoms with van der Waals surface area (Å²) >= 11 is 19.3. The van der Waals surface area contributed by atoms with Crippen molar-refractivity contribution in [2.24, 2.45) is 0 Å². The van der Waals surface area contributed by atoms with Gasteiger partial charge < -0.3 is 5.32 Å². The smallest absolute Gasteiger partial charge is 0.239 e. The first-order valence-electron chi connectivity index (χ1n) is 7.20. The van der Waals surface area contributed by atoms with E-state index in [9.17, 15) is 9.59 Å². The molecule has 130 valence electrons. The molecule has 1 heterocycles. The number of carbonyl (C=O) groups is 2. The minimum Gasteiger partial charge on any atom is -0.324 e. The van der Waals surface area contributed by atoms with Crippen LogP contribution in [0.2, 0.25) is 15.1 Å². The van der Waals surface area contributed by atoms with E-state index in [1.54, 1.807) is 0 Å². The Kier molecular flexibility index (Phi) is 5.64. The molecular formula is C16H12Cl3N3O2S. The average molecular weight is 417 g/mol. The van der Waals surface area contributed by atoms with Gasteiger partial charge in [-0.1, -0.05) is 46.9 Å². The Hall–Kier alpha value is -1.60. The van der Waals surface area contributed by atoms with Crippen molar-refractivity contribution in [1.29, 1.82) is 0 Å². The second kappa shape index (κ2) is 7.74. The molecule has 0 bridgehead atoms. The molecule has 2 aromatic carbocycles. The number of hydrogen-bond donors (Lipinski definition) is 3. The summed E-state index contributed by atoms with van der Waals surface area (Å²) in [7, 11) is 0. The molecule has 0 unspecified atom stereocenters. The highest BCUT2D eigenvalue weighted by Gasteiger charge is 2.28. The van der Waals surface area contributed by atoms with Gasteiger partial charge in [0.1, 0.15) is 0 Å². The molecule has 0 fully saturated rings. The predicted octanol–water partition coefficient (Wildman–Crippen LogP) is 4.59. The van der Waals surface area contributed by atoms with Crippen LogP contribution in [0.25, 0.3) is 0 Å². The second-order valence-corrected chi connectivity index (χ2v) is 7.71. The molecule has 5 nitrogen and oxygen atoms in total. The molecule has 25 heavy (non-hydrogen) atoms. The van der Waals surface area contributed by atoms with Crippen molar-refractivity contribution in [2.75, 3.05) is 10.7 Å². The molecule has 3 N–H and O–H groups in total. The minimum absolute atomic E-state index is 0.000657. The Labute approximate surface area is 163 Å². The van der Waals surface area contributed by atoms with Crippen molar-refractivity contribution in [1.82, 2.24) is 5.43 Å². The van der Waals surface area contributed by atoms with Gasteiger partial charge >= 0.3 is 0 Å². The molecule has 0 spiro atoms. The number of carbonyl (C=O) groups excluding carboxylic acids is 2. The van der Waals surface area contributed by atoms with E-state index in [0.717, 1.165) is 10.6 Å². The fourth-order valence-corrected chi connectivity index (χ4v) is 4.26. The molecule has 0 radical (unpaired) electrons. The fourth-order valence-electron chi connectivity index (χ4n) is 2.24. The van der Waals surface area contributed by atoms with Crippen LogP contribution in [0.3, 0.4) is 0 Å². The first kappa shape index (κ1) is 18.2. The van der Waals surface area contributed by atoms with Crippen molar-refractivity contribution in [3.63, 3.8) is 0 Å². The van der Waals surface area contributed by atoms with Crippen LogP contribution in [0, 0.1) is 0 Å². The predicted molar refractivity (Wildman–Crippen MR) is 103 cm³/mol. The lowest BCUT2D eigenvalue weighted by Crippen LogP contribution is -2.37. The fraction of sp³-hybridized carbons (Fsp3) is 0.125. The maximum Gasteiger partial charge on any atom is 0.239 e. The van der Waals surface area contributed by atoms with E-state index in [1.807, 2.05) is 24.3 Å². The summed E-state index contributed by atoms with van der Waals surface area (Å²) in [5.41, 5.74) is 6.26. The van der Waals surface area contributed by atoms with E-state index in [-0.39, 0.29) is 28.3 Å². The molecule has 1 atom stereocenters. The van der Waals surface area contributed by atoms with E-state index in [4.69, 9.17) is 34.8 Å². The SMILES string of the molecule is O=C(C[C@H]1Sc2ccccc2NC1=O)NNc1c(Cl)cc(Cl)cc1Cl. The number of halogens is 3. The van der Waals surface area contributed by atoms with Gasteiger partial charge in [-0.2, -0.15) is 0 Å². The number of benzene rings is 2. The Balaban J connectivity index is 1.61. The third-order valence-corrected chi connectivity index (χ3v) is 5.50. The lowest BCUT2D eigenvalue weighted by Gasteiger charge is -2.23. The number of hydrazine groups is 1. The number of para-hydroxylation sites is 1. The van der Waals surface area contributed by atoms with Gasteiger partial charge in [-0.15, -0.1) is 11.8 Å². The zero-order chi connectivity index (χ0) is 18.0. The molecule has 3 rings (SSSR count). The van der Waals surface area contributed by atoms with Gasteiger partial charge in [-0.25, -0.2) is 0 Å². The van der Waals surface area contributed by atoms with Crippen LogP contribution < -0.4 is 16.2 Å². The Morgan fingerprint density at radius 3 is 2.56 bits per heavy atom. The van der Waals surface area contributed by atoms with E-state index in [1.165, 1.54) is 23.9 Å². The highest BCUT2D eigenvalue weighted by Crippen LogP contribution is 2.37. The quantitative estimate of drug-likeness (QED) is 0.637. The average Bonchev–Trinajstić information content (AvgIpc) is 2.54. The van der Waals surface area contributed by atoms with Crippen molar-refractivity contribution >= 4 is 69.8 Å². The van der Waals surface area contributed by atoms with Gasteiger partial charge in [0.15, 0.2) is 0 Å². The molecular weight excluding hydrogens is 405 g/mol. The number of amides is 2. The summed E-state index contributed by atoms with van der Waals surface area (Å²) in [6.07, 6.45) is 0.000657. The lowest BCUT2D eigenvalue weighted by atomic mass is 10.2. The largest absolute Gasteiger partial charge is 0.324 e. The number of thioether (sulfide) groups is 1. The second-order valence-electron chi connectivity index (χ2n) is 5.21.